The average Bonchev–Trinajstić information content (AvgIpc) is 2.90. The van der Waals surface area contributed by atoms with Crippen molar-refractivity contribution in [2.75, 3.05) is 6.61 Å². The first-order chi connectivity index (χ1) is 10.9. The summed E-state index contributed by atoms with van der Waals surface area (Å²) in [6, 6.07) is 6.75. The van der Waals surface area contributed by atoms with Crippen molar-refractivity contribution in [3.05, 3.63) is 66.1 Å². The van der Waals surface area contributed by atoms with Crippen molar-refractivity contribution in [2.24, 2.45) is 0 Å². The SMILES string of the molecule is C=C/C=C(/OCC)C1=CCC(C)N1S(=O)(=O)c1ccc(C)cc1. The van der Waals surface area contributed by atoms with Crippen LogP contribution in [0.2, 0.25) is 0 Å². The average molecular weight is 333 g/mol. The first-order valence-corrected chi connectivity index (χ1v) is 9.13. The summed E-state index contributed by atoms with van der Waals surface area (Å²) in [5.41, 5.74) is 1.61. The molecule has 0 amide bonds. The van der Waals surface area contributed by atoms with E-state index in [1.54, 1.807) is 36.4 Å². The minimum atomic E-state index is -3.63. The fourth-order valence-corrected chi connectivity index (χ4v) is 4.27. The Hall–Kier alpha value is -2.01. The lowest BCUT2D eigenvalue weighted by atomic mass is 10.2. The van der Waals surface area contributed by atoms with Gasteiger partial charge >= 0.3 is 0 Å². The molecule has 124 valence electrons. The van der Waals surface area contributed by atoms with Crippen LogP contribution in [0, 0.1) is 6.92 Å². The molecule has 0 aromatic heterocycles. The van der Waals surface area contributed by atoms with Gasteiger partial charge in [-0.2, -0.15) is 0 Å². The van der Waals surface area contributed by atoms with E-state index in [2.05, 4.69) is 6.58 Å². The van der Waals surface area contributed by atoms with Gasteiger partial charge in [0.15, 0.2) is 0 Å². The predicted molar refractivity (Wildman–Crippen MR) is 92.3 cm³/mol. The van der Waals surface area contributed by atoms with E-state index in [9.17, 15) is 8.42 Å². The van der Waals surface area contributed by atoms with Crippen molar-refractivity contribution in [3.63, 3.8) is 0 Å². The van der Waals surface area contributed by atoms with E-state index in [4.69, 9.17) is 4.74 Å². The lowest BCUT2D eigenvalue weighted by molar-refractivity contribution is 0.225. The molecule has 1 heterocycles. The van der Waals surface area contributed by atoms with E-state index < -0.39 is 10.0 Å². The fourth-order valence-electron chi connectivity index (χ4n) is 2.57. The molecule has 0 N–H and O–H groups in total. The maximum Gasteiger partial charge on any atom is 0.264 e. The Morgan fingerprint density at radius 3 is 2.61 bits per heavy atom. The van der Waals surface area contributed by atoms with Crippen LogP contribution in [0.25, 0.3) is 0 Å². The smallest absolute Gasteiger partial charge is 0.264 e. The molecule has 1 aliphatic rings. The highest BCUT2D eigenvalue weighted by atomic mass is 32.2. The largest absolute Gasteiger partial charge is 0.492 e. The summed E-state index contributed by atoms with van der Waals surface area (Å²) in [4.78, 5) is 0.289. The number of sulfonamides is 1. The quantitative estimate of drug-likeness (QED) is 0.588. The van der Waals surface area contributed by atoms with Crippen molar-refractivity contribution in [2.45, 2.75) is 38.1 Å². The number of allylic oxidation sites excluding steroid dienone is 2. The summed E-state index contributed by atoms with van der Waals surface area (Å²) in [6.07, 6.45) is 5.86. The second-order valence-corrected chi connectivity index (χ2v) is 7.30. The second-order valence-electron chi connectivity index (χ2n) is 5.49. The van der Waals surface area contributed by atoms with Crippen LogP contribution in [0.5, 0.6) is 0 Å². The minimum absolute atomic E-state index is 0.148. The number of hydrogen-bond donors (Lipinski definition) is 0. The molecule has 0 aliphatic carbocycles. The van der Waals surface area contributed by atoms with E-state index in [1.165, 1.54) is 4.31 Å². The summed E-state index contributed by atoms with van der Waals surface area (Å²) in [5, 5.41) is 0. The molecule has 1 aromatic carbocycles. The van der Waals surface area contributed by atoms with Gasteiger partial charge in [0, 0.05) is 6.04 Å². The lowest BCUT2D eigenvalue weighted by Gasteiger charge is -2.28. The molecule has 1 unspecified atom stereocenters. The van der Waals surface area contributed by atoms with Crippen molar-refractivity contribution in [1.29, 1.82) is 0 Å². The molecule has 1 atom stereocenters. The van der Waals surface area contributed by atoms with Gasteiger partial charge in [-0.1, -0.05) is 36.4 Å². The molecule has 0 saturated heterocycles. The molecule has 4 nitrogen and oxygen atoms in total. The van der Waals surface area contributed by atoms with Crippen LogP contribution in [-0.2, 0) is 14.8 Å². The maximum atomic E-state index is 13.1. The van der Waals surface area contributed by atoms with Gasteiger partial charge in [0.1, 0.15) is 5.76 Å². The Kier molecular flexibility index (Phi) is 5.31. The third kappa shape index (κ3) is 3.50. The Morgan fingerprint density at radius 1 is 1.39 bits per heavy atom. The van der Waals surface area contributed by atoms with Crippen LogP contribution < -0.4 is 0 Å². The van der Waals surface area contributed by atoms with Crippen LogP contribution >= 0.6 is 0 Å². The molecule has 0 radical (unpaired) electrons. The van der Waals surface area contributed by atoms with Crippen molar-refractivity contribution in [3.8, 4) is 0 Å². The van der Waals surface area contributed by atoms with Crippen molar-refractivity contribution < 1.29 is 13.2 Å². The third-order valence-electron chi connectivity index (χ3n) is 3.69. The molecular formula is C18H23NO3S. The van der Waals surface area contributed by atoms with E-state index >= 15 is 0 Å². The van der Waals surface area contributed by atoms with E-state index in [-0.39, 0.29) is 10.9 Å². The number of ether oxygens (including phenoxy) is 1. The van der Waals surface area contributed by atoms with Gasteiger partial charge < -0.3 is 4.74 Å². The number of benzene rings is 1. The Labute approximate surface area is 138 Å². The highest BCUT2D eigenvalue weighted by Crippen LogP contribution is 2.34. The Morgan fingerprint density at radius 2 is 2.04 bits per heavy atom. The highest BCUT2D eigenvalue weighted by Gasteiger charge is 2.36. The van der Waals surface area contributed by atoms with Crippen molar-refractivity contribution >= 4 is 10.0 Å². The third-order valence-corrected chi connectivity index (χ3v) is 5.63. The standard InChI is InChI=1S/C18H23NO3S/c1-5-7-18(22-6-2)17-13-10-15(4)19(17)23(20,21)16-11-8-14(3)9-12-16/h5,7-9,11-13,15H,1,6,10H2,2-4H3/b18-7+. The van der Waals surface area contributed by atoms with Crippen LogP contribution in [0.4, 0.5) is 0 Å². The minimum Gasteiger partial charge on any atom is -0.492 e. The topological polar surface area (TPSA) is 46.6 Å². The summed E-state index contributed by atoms with van der Waals surface area (Å²) in [7, 11) is -3.63. The van der Waals surface area contributed by atoms with Crippen LogP contribution in [-0.4, -0.2) is 25.4 Å². The van der Waals surface area contributed by atoms with Gasteiger partial charge in [0.25, 0.3) is 10.0 Å². The molecular weight excluding hydrogens is 310 g/mol. The van der Waals surface area contributed by atoms with Crippen LogP contribution in [0.15, 0.2) is 65.4 Å². The summed E-state index contributed by atoms with van der Waals surface area (Å²) in [6.45, 7) is 9.83. The van der Waals surface area contributed by atoms with Crippen LogP contribution in [0.3, 0.4) is 0 Å². The Balaban J connectivity index is 2.46. The number of hydrogen-bond acceptors (Lipinski definition) is 3. The second kappa shape index (κ2) is 7.04. The maximum absolute atomic E-state index is 13.1. The summed E-state index contributed by atoms with van der Waals surface area (Å²) >= 11 is 0. The lowest BCUT2D eigenvalue weighted by Crippen LogP contribution is -2.35. The molecule has 5 heteroatoms. The predicted octanol–water partition coefficient (Wildman–Crippen LogP) is 3.77. The zero-order chi connectivity index (χ0) is 17.0. The van der Waals surface area contributed by atoms with E-state index in [1.807, 2.05) is 26.8 Å². The van der Waals surface area contributed by atoms with E-state index in [0.717, 1.165) is 5.56 Å². The molecule has 1 aromatic rings. The molecule has 0 saturated carbocycles. The molecule has 1 aliphatic heterocycles. The molecule has 2 rings (SSSR count). The summed E-state index contributed by atoms with van der Waals surface area (Å²) < 4.78 is 33.2. The van der Waals surface area contributed by atoms with Gasteiger partial charge in [-0.3, -0.25) is 4.31 Å². The monoisotopic (exact) mass is 333 g/mol. The van der Waals surface area contributed by atoms with Crippen LogP contribution in [0.1, 0.15) is 25.8 Å². The number of aryl methyl sites for hydroxylation is 1. The van der Waals surface area contributed by atoms with Crippen molar-refractivity contribution in [1.82, 2.24) is 4.31 Å². The zero-order valence-electron chi connectivity index (χ0n) is 13.8. The first-order valence-electron chi connectivity index (χ1n) is 7.69. The van der Waals surface area contributed by atoms with Gasteiger partial charge in [-0.15, -0.1) is 0 Å². The summed E-state index contributed by atoms with van der Waals surface area (Å²) in [5.74, 6) is 0.530. The van der Waals surface area contributed by atoms with Gasteiger partial charge in [-0.05, 0) is 45.4 Å². The Bertz CT molecular complexity index is 730. The highest BCUT2D eigenvalue weighted by molar-refractivity contribution is 7.89. The van der Waals surface area contributed by atoms with Gasteiger partial charge in [0.2, 0.25) is 0 Å². The van der Waals surface area contributed by atoms with Gasteiger partial charge in [-0.25, -0.2) is 8.42 Å². The molecule has 23 heavy (non-hydrogen) atoms. The normalized spacial score (nSPS) is 18.7. The van der Waals surface area contributed by atoms with Gasteiger partial charge in [0.05, 0.1) is 17.2 Å². The van der Waals surface area contributed by atoms with E-state index in [0.29, 0.717) is 24.5 Å². The molecule has 0 spiro atoms. The molecule has 0 fully saturated rings. The number of rotatable bonds is 6. The molecule has 0 bridgehead atoms. The zero-order valence-corrected chi connectivity index (χ0v) is 14.6. The first kappa shape index (κ1) is 17.3. The fraction of sp³-hybridized carbons (Fsp3) is 0.333. The number of nitrogens with zero attached hydrogens (tertiary/aromatic N) is 1.